The van der Waals surface area contributed by atoms with Gasteiger partial charge in [-0.25, -0.2) is 14.3 Å². The van der Waals surface area contributed by atoms with Gasteiger partial charge in [0.2, 0.25) is 0 Å². The summed E-state index contributed by atoms with van der Waals surface area (Å²) in [6.45, 7) is 0. The maximum atomic E-state index is 13.3. The highest BCUT2D eigenvalue weighted by Crippen LogP contribution is 2.32. The van der Waals surface area contributed by atoms with E-state index in [0.29, 0.717) is 5.82 Å². The van der Waals surface area contributed by atoms with Gasteiger partial charge in [0.1, 0.15) is 17.3 Å². The molecule has 0 saturated heterocycles. The van der Waals surface area contributed by atoms with Crippen LogP contribution in [0.25, 0.3) is 16.7 Å². The summed E-state index contributed by atoms with van der Waals surface area (Å²) in [4.78, 5) is 20.5. The highest BCUT2D eigenvalue weighted by molar-refractivity contribution is 6.32. The molecule has 148 valence electrons. The van der Waals surface area contributed by atoms with E-state index < -0.39 is 17.6 Å². The fourth-order valence-electron chi connectivity index (χ4n) is 2.82. The Hall–Kier alpha value is -3.40. The first-order valence-electron chi connectivity index (χ1n) is 8.26. The molecule has 3 aromatic heterocycles. The van der Waals surface area contributed by atoms with Gasteiger partial charge in [-0.05, 0) is 24.3 Å². The zero-order valence-corrected chi connectivity index (χ0v) is 15.5. The molecule has 0 spiro atoms. The lowest BCUT2D eigenvalue weighted by atomic mass is 10.2. The Morgan fingerprint density at radius 2 is 1.83 bits per heavy atom. The van der Waals surface area contributed by atoms with Crippen LogP contribution in [0.3, 0.4) is 0 Å². The first-order valence-corrected chi connectivity index (χ1v) is 8.64. The summed E-state index contributed by atoms with van der Waals surface area (Å²) in [5.74, 6) is 0.548. The van der Waals surface area contributed by atoms with E-state index in [1.807, 2.05) is 0 Å². The summed E-state index contributed by atoms with van der Waals surface area (Å²) < 4.78 is 42.3. The Morgan fingerprint density at radius 1 is 1.07 bits per heavy atom. The van der Waals surface area contributed by atoms with E-state index in [4.69, 9.17) is 11.6 Å². The van der Waals surface area contributed by atoms with E-state index in [9.17, 15) is 18.0 Å². The van der Waals surface area contributed by atoms with Crippen molar-refractivity contribution in [1.82, 2.24) is 24.3 Å². The Balaban J connectivity index is 2.04. The van der Waals surface area contributed by atoms with Crippen molar-refractivity contribution in [3.05, 3.63) is 69.9 Å². The Kier molecular flexibility index (Phi) is 4.50. The van der Waals surface area contributed by atoms with Crippen molar-refractivity contribution in [2.45, 2.75) is 6.18 Å². The number of nitrogens with zero attached hydrogens (tertiary/aromatic N) is 5. The van der Waals surface area contributed by atoms with Crippen LogP contribution in [-0.2, 0) is 13.2 Å². The molecule has 1 aromatic carbocycles. The van der Waals surface area contributed by atoms with E-state index in [0.717, 1.165) is 10.6 Å². The van der Waals surface area contributed by atoms with Crippen LogP contribution in [0.4, 0.5) is 24.8 Å². The molecule has 0 atom stereocenters. The van der Waals surface area contributed by atoms with Gasteiger partial charge in [-0.3, -0.25) is 4.68 Å². The molecule has 7 nitrogen and oxygen atoms in total. The van der Waals surface area contributed by atoms with Crippen LogP contribution in [0, 0.1) is 0 Å². The minimum Gasteiger partial charge on any atom is -0.324 e. The predicted octanol–water partition coefficient (Wildman–Crippen LogP) is 3.93. The molecule has 29 heavy (non-hydrogen) atoms. The van der Waals surface area contributed by atoms with E-state index in [2.05, 4.69) is 20.4 Å². The fraction of sp³-hybridized carbons (Fsp3) is 0.111. The molecule has 0 fully saturated rings. The summed E-state index contributed by atoms with van der Waals surface area (Å²) in [6, 6.07) is 9.94. The summed E-state index contributed by atoms with van der Waals surface area (Å²) in [7, 11) is 1.66. The number of para-hydroxylation sites is 1. The largest absolute Gasteiger partial charge is 0.433 e. The van der Waals surface area contributed by atoms with Crippen LogP contribution in [-0.4, -0.2) is 24.3 Å². The van der Waals surface area contributed by atoms with Crippen LogP contribution in [0.2, 0.25) is 5.02 Å². The lowest BCUT2D eigenvalue weighted by molar-refractivity contribution is -0.141. The molecular weight excluding hydrogens is 409 g/mol. The van der Waals surface area contributed by atoms with Crippen molar-refractivity contribution in [2.75, 3.05) is 5.32 Å². The van der Waals surface area contributed by atoms with Crippen LogP contribution >= 0.6 is 11.6 Å². The Morgan fingerprint density at radius 3 is 2.48 bits per heavy atom. The second-order valence-corrected chi connectivity index (χ2v) is 6.47. The molecule has 4 aromatic rings. The van der Waals surface area contributed by atoms with Gasteiger partial charge in [-0.15, -0.1) is 0 Å². The highest BCUT2D eigenvalue weighted by atomic mass is 35.5. The van der Waals surface area contributed by atoms with Crippen molar-refractivity contribution in [1.29, 1.82) is 0 Å². The Bertz CT molecular complexity index is 1280. The van der Waals surface area contributed by atoms with Crippen molar-refractivity contribution in [3.63, 3.8) is 0 Å². The summed E-state index contributed by atoms with van der Waals surface area (Å²) in [6.07, 6.45) is -3.16. The van der Waals surface area contributed by atoms with E-state index >= 15 is 0 Å². The van der Waals surface area contributed by atoms with Crippen LogP contribution in [0.15, 0.2) is 53.5 Å². The second kappa shape index (κ2) is 6.89. The van der Waals surface area contributed by atoms with Gasteiger partial charge >= 0.3 is 11.9 Å². The van der Waals surface area contributed by atoms with Crippen LogP contribution in [0.1, 0.15) is 5.69 Å². The third kappa shape index (κ3) is 3.42. The number of benzene rings is 1. The van der Waals surface area contributed by atoms with Gasteiger partial charge in [0.05, 0.1) is 22.3 Å². The maximum Gasteiger partial charge on any atom is 0.433 e. The van der Waals surface area contributed by atoms with Crippen molar-refractivity contribution < 1.29 is 13.2 Å². The Labute approximate surface area is 166 Å². The third-order valence-corrected chi connectivity index (χ3v) is 4.51. The lowest BCUT2D eigenvalue weighted by Gasteiger charge is -2.15. The van der Waals surface area contributed by atoms with Crippen LogP contribution in [0.5, 0.6) is 0 Å². The van der Waals surface area contributed by atoms with Crippen molar-refractivity contribution >= 4 is 34.3 Å². The smallest absolute Gasteiger partial charge is 0.324 e. The van der Waals surface area contributed by atoms with E-state index in [1.165, 1.54) is 29.1 Å². The minimum absolute atomic E-state index is 0.0538. The quantitative estimate of drug-likeness (QED) is 0.543. The second-order valence-electron chi connectivity index (χ2n) is 6.06. The van der Waals surface area contributed by atoms with Gasteiger partial charge < -0.3 is 5.32 Å². The number of nitrogens with one attached hydrogen (secondary N) is 1. The molecule has 0 amide bonds. The topological polar surface area (TPSA) is 77.6 Å². The van der Waals surface area contributed by atoms with E-state index in [1.54, 1.807) is 25.2 Å². The molecule has 0 aliphatic heterocycles. The highest BCUT2D eigenvalue weighted by Gasteiger charge is 2.33. The number of anilines is 2. The molecule has 0 bridgehead atoms. The summed E-state index contributed by atoms with van der Waals surface area (Å²) in [5, 5.41) is 7.29. The number of pyridine rings is 1. The zero-order valence-electron chi connectivity index (χ0n) is 14.8. The number of rotatable bonds is 3. The molecule has 0 saturated carbocycles. The summed E-state index contributed by atoms with van der Waals surface area (Å²) in [5.41, 5.74) is -2.02. The normalized spacial score (nSPS) is 11.8. The average Bonchev–Trinajstić information content (AvgIpc) is 3.06. The third-order valence-electron chi connectivity index (χ3n) is 4.19. The van der Waals surface area contributed by atoms with Crippen LogP contribution < -0.4 is 11.0 Å². The number of halogens is 4. The predicted molar refractivity (Wildman–Crippen MR) is 102 cm³/mol. The average molecular weight is 421 g/mol. The first kappa shape index (κ1) is 18.9. The zero-order chi connectivity index (χ0) is 20.8. The molecule has 0 aliphatic rings. The van der Waals surface area contributed by atoms with Crippen molar-refractivity contribution in [3.8, 4) is 5.69 Å². The number of aryl methyl sites for hydroxylation is 1. The van der Waals surface area contributed by atoms with Gasteiger partial charge in [0.15, 0.2) is 5.65 Å². The van der Waals surface area contributed by atoms with Gasteiger partial charge in [-0.2, -0.15) is 23.3 Å². The SMILES string of the molecule is Cn1nccc1Nc1nc(=O)n(-c2ccccc2Cl)c2nc(C(F)(F)F)ccc12. The van der Waals surface area contributed by atoms with Gasteiger partial charge in [0, 0.05) is 13.1 Å². The van der Waals surface area contributed by atoms with Gasteiger partial charge in [0.25, 0.3) is 0 Å². The molecular formula is C18H12ClF3N6O. The lowest BCUT2D eigenvalue weighted by Crippen LogP contribution is -2.25. The molecule has 4 rings (SSSR count). The van der Waals surface area contributed by atoms with Crippen molar-refractivity contribution in [2.24, 2.45) is 7.05 Å². The minimum atomic E-state index is -4.69. The molecule has 0 unspecified atom stereocenters. The van der Waals surface area contributed by atoms with Gasteiger partial charge in [-0.1, -0.05) is 23.7 Å². The molecule has 0 radical (unpaired) electrons. The molecule has 1 N–H and O–H groups in total. The number of alkyl halides is 3. The number of hydrogen-bond acceptors (Lipinski definition) is 5. The molecule has 11 heteroatoms. The molecule has 3 heterocycles. The standard InChI is InChI=1S/C18H12ClF3N6O/c1-27-14(8-9-23-27)25-15-10-6-7-13(18(20,21)22)24-16(10)28(17(29)26-15)12-5-3-2-4-11(12)19/h2-9H,1H3,(H,25,26,29). The number of fused-ring (bicyclic) bond motifs is 1. The molecule has 0 aliphatic carbocycles. The number of aromatic nitrogens is 5. The van der Waals surface area contributed by atoms with E-state index in [-0.39, 0.29) is 27.6 Å². The fourth-order valence-corrected chi connectivity index (χ4v) is 3.04. The maximum absolute atomic E-state index is 13.3. The first-order chi connectivity index (χ1) is 13.8. The monoisotopic (exact) mass is 420 g/mol. The number of hydrogen-bond donors (Lipinski definition) is 1. The summed E-state index contributed by atoms with van der Waals surface area (Å²) >= 11 is 6.17.